The number of fused-ring (bicyclic) bond motifs is 1. The van der Waals surface area contributed by atoms with E-state index in [1.807, 2.05) is 50.2 Å². The molecule has 1 aliphatic carbocycles. The van der Waals surface area contributed by atoms with Gasteiger partial charge in [0.2, 0.25) is 10.0 Å². The van der Waals surface area contributed by atoms with Crippen molar-refractivity contribution in [2.24, 2.45) is 0 Å². The number of hydrogen-bond acceptors (Lipinski definition) is 7. The van der Waals surface area contributed by atoms with Gasteiger partial charge in [0.15, 0.2) is 0 Å². The molecule has 158 valence electrons. The van der Waals surface area contributed by atoms with Crippen LogP contribution in [0, 0.1) is 0 Å². The topological polar surface area (TPSA) is 107 Å². The number of nitrogens with zero attached hydrogens (tertiary/aromatic N) is 2. The van der Waals surface area contributed by atoms with Crippen molar-refractivity contribution in [2.75, 3.05) is 12.0 Å². The number of hydrogen-bond donors (Lipinski definition) is 2. The first-order chi connectivity index (χ1) is 14.2. The van der Waals surface area contributed by atoms with Gasteiger partial charge in [-0.1, -0.05) is 29.5 Å². The van der Waals surface area contributed by atoms with Crippen molar-refractivity contribution < 1.29 is 13.2 Å². The molecule has 2 aromatic carbocycles. The minimum Gasteiger partial charge on any atom is -0.489 e. The van der Waals surface area contributed by atoms with Crippen LogP contribution in [-0.4, -0.2) is 31.0 Å². The van der Waals surface area contributed by atoms with Gasteiger partial charge in [-0.25, -0.2) is 13.1 Å². The fourth-order valence-corrected chi connectivity index (χ4v) is 5.38. The van der Waals surface area contributed by atoms with E-state index in [2.05, 4.69) is 14.9 Å². The summed E-state index contributed by atoms with van der Waals surface area (Å²) in [5, 5.41) is 10.3. The van der Waals surface area contributed by atoms with E-state index in [0.717, 1.165) is 45.1 Å². The van der Waals surface area contributed by atoms with E-state index >= 15 is 0 Å². The Labute approximate surface area is 180 Å². The van der Waals surface area contributed by atoms with Crippen molar-refractivity contribution in [3.8, 4) is 26.9 Å². The number of rotatable bonds is 6. The predicted octanol–water partition coefficient (Wildman–Crippen LogP) is 3.78. The highest BCUT2D eigenvalue weighted by Crippen LogP contribution is 2.40. The highest BCUT2D eigenvalue weighted by atomic mass is 32.2. The zero-order valence-electron chi connectivity index (χ0n) is 17.0. The Morgan fingerprint density at radius 2 is 1.97 bits per heavy atom. The molecule has 3 aromatic rings. The van der Waals surface area contributed by atoms with Crippen LogP contribution in [0.4, 0.5) is 5.69 Å². The summed E-state index contributed by atoms with van der Waals surface area (Å²) in [4.78, 5) is 0. The monoisotopic (exact) mass is 444 g/mol. The number of sulfonamides is 1. The largest absolute Gasteiger partial charge is 0.489 e. The first-order valence-corrected chi connectivity index (χ1v) is 12.4. The van der Waals surface area contributed by atoms with Crippen molar-refractivity contribution in [1.29, 1.82) is 0 Å². The van der Waals surface area contributed by atoms with Gasteiger partial charge in [0.05, 0.1) is 18.0 Å². The normalized spacial score (nSPS) is 16.1. The molecule has 0 radical (unpaired) electrons. The van der Waals surface area contributed by atoms with Crippen molar-refractivity contribution in [1.82, 2.24) is 14.9 Å². The maximum atomic E-state index is 11.7. The third-order valence-electron chi connectivity index (χ3n) is 4.90. The second-order valence-electron chi connectivity index (χ2n) is 7.69. The van der Waals surface area contributed by atoms with E-state index in [-0.39, 0.29) is 12.1 Å². The summed E-state index contributed by atoms with van der Waals surface area (Å²) in [6, 6.07) is 11.4. The van der Waals surface area contributed by atoms with Gasteiger partial charge in [0.1, 0.15) is 15.8 Å². The molecular formula is C21H24N4O3S2. The molecule has 0 fully saturated rings. The second kappa shape index (κ2) is 7.98. The minimum atomic E-state index is -3.27. The zero-order valence-corrected chi connectivity index (χ0v) is 18.7. The molecule has 30 heavy (non-hydrogen) atoms. The van der Waals surface area contributed by atoms with Crippen molar-refractivity contribution in [3.63, 3.8) is 0 Å². The van der Waals surface area contributed by atoms with Gasteiger partial charge in [-0.05, 0) is 56.0 Å². The van der Waals surface area contributed by atoms with E-state index < -0.39 is 10.0 Å². The third-order valence-corrected chi connectivity index (χ3v) is 6.62. The molecule has 0 aliphatic heterocycles. The Balaban J connectivity index is 1.64. The van der Waals surface area contributed by atoms with Crippen LogP contribution < -0.4 is 15.2 Å². The SMILES string of the molecule is CC(C)Oc1ccc(-c2nnc(-c3cccc4c3CCC4NS(C)(=O)=O)s2)cc1N. The molecular weight excluding hydrogens is 420 g/mol. The molecule has 1 aliphatic rings. The lowest BCUT2D eigenvalue weighted by Crippen LogP contribution is -2.25. The van der Waals surface area contributed by atoms with Gasteiger partial charge in [-0.2, -0.15) is 0 Å². The van der Waals surface area contributed by atoms with Crippen molar-refractivity contribution in [2.45, 2.75) is 38.8 Å². The molecule has 0 spiro atoms. The summed E-state index contributed by atoms with van der Waals surface area (Å²) >= 11 is 1.49. The van der Waals surface area contributed by atoms with Gasteiger partial charge in [0, 0.05) is 17.2 Å². The maximum Gasteiger partial charge on any atom is 0.209 e. The number of nitrogen functional groups attached to an aromatic ring is 1. The average molecular weight is 445 g/mol. The first kappa shape index (κ1) is 20.8. The number of nitrogens with one attached hydrogen (secondary N) is 1. The van der Waals surface area contributed by atoms with Crippen molar-refractivity contribution in [3.05, 3.63) is 47.5 Å². The Morgan fingerprint density at radius 1 is 1.20 bits per heavy atom. The van der Waals surface area contributed by atoms with Crippen molar-refractivity contribution >= 4 is 27.0 Å². The molecule has 1 heterocycles. The van der Waals surface area contributed by atoms with Crippen LogP contribution in [-0.2, 0) is 16.4 Å². The van der Waals surface area contributed by atoms with Gasteiger partial charge in [-0.15, -0.1) is 10.2 Å². The molecule has 0 bridgehead atoms. The van der Waals surface area contributed by atoms with Gasteiger partial charge in [0.25, 0.3) is 0 Å². The quantitative estimate of drug-likeness (QED) is 0.560. The minimum absolute atomic E-state index is 0.0486. The van der Waals surface area contributed by atoms with E-state index in [1.54, 1.807) is 0 Å². The van der Waals surface area contributed by atoms with Gasteiger partial charge < -0.3 is 10.5 Å². The van der Waals surface area contributed by atoms with Crippen LogP contribution in [0.5, 0.6) is 5.75 Å². The summed E-state index contributed by atoms with van der Waals surface area (Å²) < 4.78 is 31.8. The van der Waals surface area contributed by atoms with Gasteiger partial charge in [-0.3, -0.25) is 0 Å². The lowest BCUT2D eigenvalue weighted by molar-refractivity contribution is 0.244. The summed E-state index contributed by atoms with van der Waals surface area (Å²) in [5.74, 6) is 0.656. The molecule has 7 nitrogen and oxygen atoms in total. The molecule has 0 saturated carbocycles. The number of ether oxygens (including phenoxy) is 1. The predicted molar refractivity (Wildman–Crippen MR) is 120 cm³/mol. The smallest absolute Gasteiger partial charge is 0.209 e. The highest BCUT2D eigenvalue weighted by Gasteiger charge is 2.28. The summed E-state index contributed by atoms with van der Waals surface area (Å²) in [7, 11) is -3.27. The lowest BCUT2D eigenvalue weighted by Gasteiger charge is -2.12. The van der Waals surface area contributed by atoms with Crippen LogP contribution >= 0.6 is 11.3 Å². The molecule has 1 aromatic heterocycles. The molecule has 9 heteroatoms. The number of aromatic nitrogens is 2. The fraction of sp³-hybridized carbons (Fsp3) is 0.333. The molecule has 3 N–H and O–H groups in total. The fourth-order valence-electron chi connectivity index (χ4n) is 3.73. The second-order valence-corrected chi connectivity index (χ2v) is 10.4. The van der Waals surface area contributed by atoms with Crippen LogP contribution in [0.2, 0.25) is 0 Å². The van der Waals surface area contributed by atoms with Crippen LogP contribution in [0.3, 0.4) is 0 Å². The van der Waals surface area contributed by atoms with E-state index in [1.165, 1.54) is 17.6 Å². The van der Waals surface area contributed by atoms with Crippen LogP contribution in [0.1, 0.15) is 37.4 Å². The Hall–Kier alpha value is -2.49. The zero-order chi connectivity index (χ0) is 21.5. The first-order valence-electron chi connectivity index (χ1n) is 9.71. The van der Waals surface area contributed by atoms with E-state index in [0.29, 0.717) is 11.4 Å². The Morgan fingerprint density at radius 3 is 2.67 bits per heavy atom. The average Bonchev–Trinajstić information content (AvgIpc) is 3.29. The summed E-state index contributed by atoms with van der Waals surface area (Å²) in [6.45, 7) is 3.91. The van der Waals surface area contributed by atoms with Crippen LogP contribution in [0.15, 0.2) is 36.4 Å². The summed E-state index contributed by atoms with van der Waals surface area (Å²) in [5.41, 5.74) is 10.7. The van der Waals surface area contributed by atoms with Gasteiger partial charge >= 0.3 is 0 Å². The molecule has 1 unspecified atom stereocenters. The summed E-state index contributed by atoms with van der Waals surface area (Å²) in [6.07, 6.45) is 2.77. The molecule has 4 rings (SSSR count). The lowest BCUT2D eigenvalue weighted by atomic mass is 10.0. The standard InChI is InChI=1S/C21H24N4O3S2/c1-12(2)28-19-10-7-13(11-17(19)22)20-23-24-21(29-20)16-6-4-5-15-14(16)8-9-18(15)25-30(3,26)27/h4-7,10-12,18,25H,8-9,22H2,1-3H3. The molecule has 1 atom stereocenters. The Kier molecular flexibility index (Phi) is 5.52. The Bertz CT molecular complexity index is 1190. The number of benzene rings is 2. The number of anilines is 1. The van der Waals surface area contributed by atoms with E-state index in [4.69, 9.17) is 10.5 Å². The van der Waals surface area contributed by atoms with E-state index in [9.17, 15) is 8.42 Å². The number of nitrogens with two attached hydrogens (primary N) is 1. The third kappa shape index (κ3) is 4.33. The molecule has 0 saturated heterocycles. The molecule has 0 amide bonds. The van der Waals surface area contributed by atoms with Crippen LogP contribution in [0.25, 0.3) is 21.1 Å². The maximum absolute atomic E-state index is 11.7. The highest BCUT2D eigenvalue weighted by molar-refractivity contribution is 7.88.